The number of carbonyl (C=O) groups is 2. The highest BCUT2D eigenvalue weighted by atomic mass is 32.2. The first-order valence-electron chi connectivity index (χ1n) is 8.90. The van der Waals surface area contributed by atoms with Crippen molar-refractivity contribution >= 4 is 23.6 Å². The van der Waals surface area contributed by atoms with Gasteiger partial charge < -0.3 is 14.6 Å². The molecule has 0 unspecified atom stereocenters. The minimum Gasteiger partial charge on any atom is -0.480 e. The average molecular weight is 388 g/mol. The van der Waals surface area contributed by atoms with Crippen molar-refractivity contribution < 1.29 is 14.7 Å². The summed E-state index contributed by atoms with van der Waals surface area (Å²) < 4.78 is 2.08. The Kier molecular flexibility index (Phi) is 5.55. The SMILES string of the molecule is CN(C(=O)CSc1nnc(C2CC2)n1Cc1ccccc1)C(C)(C)C(=O)O. The lowest BCUT2D eigenvalue weighted by atomic mass is 10.0. The first kappa shape index (κ1) is 19.4. The van der Waals surface area contributed by atoms with Crippen LogP contribution in [0.4, 0.5) is 0 Å². The molecule has 27 heavy (non-hydrogen) atoms. The fourth-order valence-corrected chi connectivity index (χ4v) is 3.50. The molecule has 1 fully saturated rings. The minimum atomic E-state index is -1.26. The molecule has 7 nitrogen and oxygen atoms in total. The van der Waals surface area contributed by atoms with Crippen molar-refractivity contribution in [2.24, 2.45) is 0 Å². The quantitative estimate of drug-likeness (QED) is 0.700. The molecule has 0 radical (unpaired) electrons. The fourth-order valence-electron chi connectivity index (χ4n) is 2.64. The van der Waals surface area contributed by atoms with Crippen molar-refractivity contribution in [3.05, 3.63) is 41.7 Å². The van der Waals surface area contributed by atoms with Crippen LogP contribution in [0, 0.1) is 0 Å². The standard InChI is InChI=1S/C19H24N4O3S/c1-19(2,17(25)26)22(3)15(24)12-27-18-21-20-16(14-9-10-14)23(18)11-13-7-5-4-6-8-13/h4-8,14H,9-12H2,1-3H3,(H,25,26). The van der Waals surface area contributed by atoms with Crippen LogP contribution in [0.1, 0.15) is 44.0 Å². The molecule has 1 aliphatic rings. The molecule has 0 bridgehead atoms. The van der Waals surface area contributed by atoms with Crippen molar-refractivity contribution in [1.82, 2.24) is 19.7 Å². The second-order valence-corrected chi connectivity index (χ2v) is 8.23. The Balaban J connectivity index is 1.73. The van der Waals surface area contributed by atoms with E-state index in [1.807, 2.05) is 18.2 Å². The molecule has 2 aromatic rings. The van der Waals surface area contributed by atoms with Crippen molar-refractivity contribution in [3.63, 3.8) is 0 Å². The molecule has 0 saturated heterocycles. The second-order valence-electron chi connectivity index (χ2n) is 7.29. The van der Waals surface area contributed by atoms with Crippen LogP contribution in [0.25, 0.3) is 0 Å². The number of hydrogen-bond acceptors (Lipinski definition) is 5. The van der Waals surface area contributed by atoms with Gasteiger partial charge in [0.15, 0.2) is 5.16 Å². The van der Waals surface area contributed by atoms with Gasteiger partial charge in [0.2, 0.25) is 5.91 Å². The van der Waals surface area contributed by atoms with Crippen LogP contribution in [0.2, 0.25) is 0 Å². The summed E-state index contributed by atoms with van der Waals surface area (Å²) in [6.45, 7) is 3.69. The first-order chi connectivity index (χ1) is 12.8. The highest BCUT2D eigenvalue weighted by molar-refractivity contribution is 7.99. The number of aromatic nitrogens is 3. The number of nitrogens with zero attached hydrogens (tertiary/aromatic N) is 4. The maximum atomic E-state index is 12.5. The van der Waals surface area contributed by atoms with E-state index in [9.17, 15) is 14.7 Å². The van der Waals surface area contributed by atoms with Gasteiger partial charge in [-0.2, -0.15) is 0 Å². The molecule has 1 heterocycles. The van der Waals surface area contributed by atoms with Gasteiger partial charge in [-0.05, 0) is 32.3 Å². The molecule has 144 valence electrons. The average Bonchev–Trinajstić information content (AvgIpc) is 3.42. The number of rotatable bonds is 8. The summed E-state index contributed by atoms with van der Waals surface area (Å²) in [6.07, 6.45) is 2.23. The van der Waals surface area contributed by atoms with Gasteiger partial charge in [-0.3, -0.25) is 4.79 Å². The van der Waals surface area contributed by atoms with Gasteiger partial charge >= 0.3 is 5.97 Å². The Morgan fingerprint density at radius 3 is 2.52 bits per heavy atom. The second kappa shape index (κ2) is 7.72. The van der Waals surface area contributed by atoms with Crippen LogP contribution in [0.5, 0.6) is 0 Å². The van der Waals surface area contributed by atoms with Gasteiger partial charge in [-0.15, -0.1) is 10.2 Å². The van der Waals surface area contributed by atoms with Gasteiger partial charge in [0, 0.05) is 13.0 Å². The van der Waals surface area contributed by atoms with Gasteiger partial charge in [-0.25, -0.2) is 4.79 Å². The smallest absolute Gasteiger partial charge is 0.329 e. The molecule has 1 N–H and O–H groups in total. The van der Waals surface area contributed by atoms with E-state index in [0.717, 1.165) is 24.2 Å². The summed E-state index contributed by atoms with van der Waals surface area (Å²) in [7, 11) is 1.52. The number of hydrogen-bond donors (Lipinski definition) is 1. The molecule has 0 atom stereocenters. The molecule has 1 aromatic carbocycles. The highest BCUT2D eigenvalue weighted by Crippen LogP contribution is 2.40. The molecule has 1 saturated carbocycles. The number of carboxylic acid groups (broad SMARTS) is 1. The monoisotopic (exact) mass is 388 g/mol. The zero-order valence-electron chi connectivity index (χ0n) is 15.8. The van der Waals surface area contributed by atoms with E-state index in [2.05, 4.69) is 26.9 Å². The fraction of sp³-hybridized carbons (Fsp3) is 0.474. The van der Waals surface area contributed by atoms with Crippen LogP contribution in [0.15, 0.2) is 35.5 Å². The molecular weight excluding hydrogens is 364 g/mol. The van der Waals surface area contributed by atoms with Crippen LogP contribution in [-0.4, -0.2) is 55.0 Å². The van der Waals surface area contributed by atoms with Crippen LogP contribution in [0.3, 0.4) is 0 Å². The van der Waals surface area contributed by atoms with Crippen LogP contribution >= 0.6 is 11.8 Å². The van der Waals surface area contributed by atoms with E-state index in [1.165, 1.54) is 37.6 Å². The Morgan fingerprint density at radius 2 is 1.93 bits per heavy atom. The lowest BCUT2D eigenvalue weighted by Crippen LogP contribution is -2.51. The molecule has 0 spiro atoms. The van der Waals surface area contributed by atoms with Crippen LogP contribution in [-0.2, 0) is 16.1 Å². The molecule has 0 aliphatic heterocycles. The summed E-state index contributed by atoms with van der Waals surface area (Å²) in [5.74, 6) is 0.235. The Hall–Kier alpha value is -2.35. The Bertz CT molecular complexity index is 831. The normalized spacial score (nSPS) is 14.2. The Labute approximate surface area is 162 Å². The van der Waals surface area contributed by atoms with E-state index >= 15 is 0 Å². The maximum Gasteiger partial charge on any atom is 0.329 e. The summed E-state index contributed by atoms with van der Waals surface area (Å²) in [4.78, 5) is 25.1. The zero-order valence-corrected chi connectivity index (χ0v) is 16.6. The van der Waals surface area contributed by atoms with Crippen molar-refractivity contribution in [2.75, 3.05) is 12.8 Å². The van der Waals surface area contributed by atoms with Crippen molar-refractivity contribution in [2.45, 2.75) is 49.8 Å². The van der Waals surface area contributed by atoms with E-state index in [0.29, 0.717) is 17.6 Å². The van der Waals surface area contributed by atoms with E-state index < -0.39 is 11.5 Å². The summed E-state index contributed by atoms with van der Waals surface area (Å²) in [5.41, 5.74) is -0.106. The number of aliphatic carboxylic acids is 1. The first-order valence-corrected chi connectivity index (χ1v) is 9.89. The van der Waals surface area contributed by atoms with Gasteiger partial charge in [-0.1, -0.05) is 42.1 Å². The van der Waals surface area contributed by atoms with Gasteiger partial charge in [0.05, 0.1) is 12.3 Å². The van der Waals surface area contributed by atoms with Gasteiger partial charge in [0.25, 0.3) is 0 Å². The minimum absolute atomic E-state index is 0.116. The zero-order chi connectivity index (χ0) is 19.6. The lowest BCUT2D eigenvalue weighted by Gasteiger charge is -2.31. The maximum absolute atomic E-state index is 12.5. The van der Waals surface area contributed by atoms with Crippen LogP contribution < -0.4 is 0 Å². The van der Waals surface area contributed by atoms with Crippen molar-refractivity contribution in [1.29, 1.82) is 0 Å². The number of thioether (sulfide) groups is 1. The van der Waals surface area contributed by atoms with Gasteiger partial charge in [0.1, 0.15) is 11.4 Å². The van der Waals surface area contributed by atoms with Crippen molar-refractivity contribution in [3.8, 4) is 0 Å². The predicted molar refractivity (Wildman–Crippen MR) is 103 cm³/mol. The third kappa shape index (κ3) is 4.32. The predicted octanol–water partition coefficient (Wildman–Crippen LogP) is 2.62. The number of benzene rings is 1. The summed E-state index contributed by atoms with van der Waals surface area (Å²) >= 11 is 1.30. The summed E-state index contributed by atoms with van der Waals surface area (Å²) in [6, 6.07) is 10.1. The molecule has 3 rings (SSSR count). The number of likely N-dealkylation sites (N-methyl/N-ethyl adjacent to an activating group) is 1. The molecular formula is C19H24N4O3S. The number of amides is 1. The number of carboxylic acids is 1. The summed E-state index contributed by atoms with van der Waals surface area (Å²) in [5, 5.41) is 18.6. The Morgan fingerprint density at radius 1 is 1.26 bits per heavy atom. The molecule has 1 aliphatic carbocycles. The topological polar surface area (TPSA) is 88.3 Å². The third-order valence-electron chi connectivity index (χ3n) is 4.93. The van der Waals surface area contributed by atoms with E-state index in [4.69, 9.17) is 0 Å². The molecule has 8 heteroatoms. The van der Waals surface area contributed by atoms with E-state index in [1.54, 1.807) is 0 Å². The number of carbonyl (C=O) groups excluding carboxylic acids is 1. The highest BCUT2D eigenvalue weighted by Gasteiger charge is 2.35. The van der Waals surface area contributed by atoms with E-state index in [-0.39, 0.29) is 11.7 Å². The lowest BCUT2D eigenvalue weighted by molar-refractivity contribution is -0.154. The third-order valence-corrected chi connectivity index (χ3v) is 5.88. The largest absolute Gasteiger partial charge is 0.480 e. The molecule has 1 aromatic heterocycles. The molecule has 1 amide bonds.